The SMILES string of the molecule is CC(C)N(C)C(=O)Cn1ccc2ccc(Br)cc21. The first-order chi connectivity index (χ1) is 8.49. The average Bonchev–Trinajstić information content (AvgIpc) is 2.70. The Morgan fingerprint density at radius 3 is 2.78 bits per heavy atom. The molecule has 2 aromatic rings. The largest absolute Gasteiger partial charge is 0.342 e. The number of rotatable bonds is 3. The Hall–Kier alpha value is -1.29. The summed E-state index contributed by atoms with van der Waals surface area (Å²) in [4.78, 5) is 13.8. The molecule has 0 fully saturated rings. The maximum atomic E-state index is 12.1. The standard InChI is InChI=1S/C14H17BrN2O/c1-10(2)16(3)14(18)9-17-7-6-11-4-5-12(15)8-13(11)17/h4-8,10H,9H2,1-3H3. The smallest absolute Gasteiger partial charge is 0.242 e. The normalized spacial score (nSPS) is 11.2. The van der Waals surface area contributed by atoms with E-state index in [1.165, 1.54) is 0 Å². The van der Waals surface area contributed by atoms with Crippen LogP contribution in [0.4, 0.5) is 0 Å². The molecular formula is C14H17BrN2O. The van der Waals surface area contributed by atoms with Gasteiger partial charge in [0.1, 0.15) is 6.54 Å². The highest BCUT2D eigenvalue weighted by Crippen LogP contribution is 2.21. The zero-order valence-electron chi connectivity index (χ0n) is 10.9. The fraction of sp³-hybridized carbons (Fsp3) is 0.357. The van der Waals surface area contributed by atoms with Crippen molar-refractivity contribution in [2.24, 2.45) is 0 Å². The van der Waals surface area contributed by atoms with Gasteiger partial charge in [0.2, 0.25) is 5.91 Å². The minimum atomic E-state index is 0.127. The van der Waals surface area contributed by atoms with E-state index in [-0.39, 0.29) is 11.9 Å². The molecule has 0 spiro atoms. The van der Waals surface area contributed by atoms with Gasteiger partial charge in [-0.2, -0.15) is 0 Å². The van der Waals surface area contributed by atoms with E-state index in [1.54, 1.807) is 4.90 Å². The van der Waals surface area contributed by atoms with Crippen LogP contribution in [0.1, 0.15) is 13.8 Å². The van der Waals surface area contributed by atoms with Gasteiger partial charge >= 0.3 is 0 Å². The van der Waals surface area contributed by atoms with Crippen molar-refractivity contribution in [3.63, 3.8) is 0 Å². The topological polar surface area (TPSA) is 25.2 Å². The monoisotopic (exact) mass is 308 g/mol. The van der Waals surface area contributed by atoms with E-state index >= 15 is 0 Å². The molecule has 1 amide bonds. The van der Waals surface area contributed by atoms with Gasteiger partial charge in [0.15, 0.2) is 0 Å². The van der Waals surface area contributed by atoms with E-state index in [4.69, 9.17) is 0 Å². The van der Waals surface area contributed by atoms with Crippen LogP contribution in [0.25, 0.3) is 10.9 Å². The summed E-state index contributed by atoms with van der Waals surface area (Å²) < 4.78 is 3.01. The van der Waals surface area contributed by atoms with E-state index < -0.39 is 0 Å². The lowest BCUT2D eigenvalue weighted by molar-refractivity contribution is -0.131. The van der Waals surface area contributed by atoms with Gasteiger partial charge in [-0.05, 0) is 37.4 Å². The van der Waals surface area contributed by atoms with Gasteiger partial charge in [0.05, 0.1) is 0 Å². The van der Waals surface area contributed by atoms with Crippen LogP contribution < -0.4 is 0 Å². The third kappa shape index (κ3) is 2.58. The summed E-state index contributed by atoms with van der Waals surface area (Å²) in [6.07, 6.45) is 1.96. The van der Waals surface area contributed by atoms with E-state index in [1.807, 2.05) is 55.9 Å². The van der Waals surface area contributed by atoms with Crippen LogP contribution in [-0.2, 0) is 11.3 Å². The molecule has 0 aliphatic carbocycles. The van der Waals surface area contributed by atoms with Crippen molar-refractivity contribution in [3.05, 3.63) is 34.9 Å². The van der Waals surface area contributed by atoms with E-state index in [0.29, 0.717) is 6.54 Å². The third-order valence-corrected chi connectivity index (χ3v) is 3.70. The number of likely N-dealkylation sites (N-methyl/N-ethyl adjacent to an activating group) is 1. The highest BCUT2D eigenvalue weighted by Gasteiger charge is 2.13. The molecule has 1 aromatic heterocycles. The molecule has 0 atom stereocenters. The highest BCUT2D eigenvalue weighted by atomic mass is 79.9. The molecule has 0 radical (unpaired) electrons. The number of benzene rings is 1. The van der Waals surface area contributed by atoms with Gasteiger partial charge in [-0.15, -0.1) is 0 Å². The molecule has 96 valence electrons. The molecule has 3 nitrogen and oxygen atoms in total. The van der Waals surface area contributed by atoms with Crippen molar-refractivity contribution >= 4 is 32.7 Å². The van der Waals surface area contributed by atoms with Gasteiger partial charge in [-0.25, -0.2) is 0 Å². The summed E-state index contributed by atoms with van der Waals surface area (Å²) >= 11 is 3.46. The molecule has 0 bridgehead atoms. The molecule has 0 aliphatic rings. The van der Waals surface area contributed by atoms with Crippen LogP contribution >= 0.6 is 15.9 Å². The van der Waals surface area contributed by atoms with Crippen molar-refractivity contribution in [2.75, 3.05) is 7.05 Å². The summed E-state index contributed by atoms with van der Waals surface area (Å²) in [7, 11) is 1.84. The minimum Gasteiger partial charge on any atom is -0.342 e. The lowest BCUT2D eigenvalue weighted by Crippen LogP contribution is -2.35. The number of nitrogens with zero attached hydrogens (tertiary/aromatic N) is 2. The Bertz CT molecular complexity index is 574. The molecule has 0 unspecified atom stereocenters. The fourth-order valence-electron chi connectivity index (χ4n) is 1.84. The maximum absolute atomic E-state index is 12.1. The van der Waals surface area contributed by atoms with E-state index in [0.717, 1.165) is 15.4 Å². The number of amides is 1. The number of hydrogen-bond acceptors (Lipinski definition) is 1. The number of fused-ring (bicyclic) bond motifs is 1. The van der Waals surface area contributed by atoms with Crippen molar-refractivity contribution in [1.29, 1.82) is 0 Å². The second kappa shape index (κ2) is 5.14. The zero-order valence-corrected chi connectivity index (χ0v) is 12.4. The van der Waals surface area contributed by atoms with Crippen molar-refractivity contribution in [2.45, 2.75) is 26.4 Å². The number of halogens is 1. The van der Waals surface area contributed by atoms with Gasteiger partial charge in [-0.1, -0.05) is 22.0 Å². The number of hydrogen-bond donors (Lipinski definition) is 0. The third-order valence-electron chi connectivity index (χ3n) is 3.21. The van der Waals surface area contributed by atoms with Gasteiger partial charge < -0.3 is 9.47 Å². The Balaban J connectivity index is 2.27. The first-order valence-corrected chi connectivity index (χ1v) is 6.78. The van der Waals surface area contributed by atoms with Crippen LogP contribution in [-0.4, -0.2) is 28.5 Å². The molecule has 0 aliphatic heterocycles. The summed E-state index contributed by atoms with van der Waals surface area (Å²) in [5.74, 6) is 0.127. The second-order valence-electron chi connectivity index (χ2n) is 4.75. The van der Waals surface area contributed by atoms with Gasteiger partial charge in [0.25, 0.3) is 0 Å². The van der Waals surface area contributed by atoms with Crippen LogP contribution in [0, 0.1) is 0 Å². The molecule has 1 heterocycles. The first-order valence-electron chi connectivity index (χ1n) is 5.99. The Morgan fingerprint density at radius 2 is 2.11 bits per heavy atom. The lowest BCUT2D eigenvalue weighted by Gasteiger charge is -2.21. The quantitative estimate of drug-likeness (QED) is 0.854. The average molecular weight is 309 g/mol. The first kappa shape index (κ1) is 13.1. The molecule has 0 saturated heterocycles. The summed E-state index contributed by atoms with van der Waals surface area (Å²) in [5, 5.41) is 1.15. The minimum absolute atomic E-state index is 0.127. The molecule has 1 aromatic carbocycles. The van der Waals surface area contributed by atoms with Crippen LogP contribution in [0.15, 0.2) is 34.9 Å². The molecule has 0 saturated carbocycles. The van der Waals surface area contributed by atoms with Crippen LogP contribution in [0.3, 0.4) is 0 Å². The Morgan fingerprint density at radius 1 is 1.39 bits per heavy atom. The number of carbonyl (C=O) groups excluding carboxylic acids is 1. The second-order valence-corrected chi connectivity index (χ2v) is 5.66. The summed E-state index contributed by atoms with van der Waals surface area (Å²) in [6.45, 7) is 4.42. The molecule has 2 rings (SSSR count). The molecule has 4 heteroatoms. The maximum Gasteiger partial charge on any atom is 0.242 e. The van der Waals surface area contributed by atoms with Crippen molar-refractivity contribution < 1.29 is 4.79 Å². The van der Waals surface area contributed by atoms with Crippen LogP contribution in [0.5, 0.6) is 0 Å². The zero-order chi connectivity index (χ0) is 13.3. The molecular weight excluding hydrogens is 292 g/mol. The highest BCUT2D eigenvalue weighted by molar-refractivity contribution is 9.10. The van der Waals surface area contributed by atoms with E-state index in [2.05, 4.69) is 15.9 Å². The number of carbonyl (C=O) groups is 1. The predicted octanol–water partition coefficient (Wildman–Crippen LogP) is 3.27. The fourth-order valence-corrected chi connectivity index (χ4v) is 2.19. The van der Waals surface area contributed by atoms with Gasteiger partial charge in [-0.3, -0.25) is 4.79 Å². The summed E-state index contributed by atoms with van der Waals surface area (Å²) in [5.41, 5.74) is 1.08. The summed E-state index contributed by atoms with van der Waals surface area (Å²) in [6, 6.07) is 8.36. The predicted molar refractivity (Wildman–Crippen MR) is 77.5 cm³/mol. The number of aromatic nitrogens is 1. The lowest BCUT2D eigenvalue weighted by atomic mass is 10.2. The van der Waals surface area contributed by atoms with Crippen LogP contribution in [0.2, 0.25) is 0 Å². The molecule has 18 heavy (non-hydrogen) atoms. The van der Waals surface area contributed by atoms with E-state index in [9.17, 15) is 4.79 Å². The Kier molecular flexibility index (Phi) is 3.76. The molecule has 0 N–H and O–H groups in total. The van der Waals surface area contributed by atoms with Crippen molar-refractivity contribution in [3.8, 4) is 0 Å². The Labute approximate surface area is 116 Å². The van der Waals surface area contributed by atoms with Gasteiger partial charge in [0, 0.05) is 29.3 Å². The van der Waals surface area contributed by atoms with Crippen molar-refractivity contribution in [1.82, 2.24) is 9.47 Å².